The molecule has 29 heavy (non-hydrogen) atoms. The number of piperazine rings is 1. The molecule has 2 aromatic carbocycles. The van der Waals surface area contributed by atoms with E-state index in [0.717, 1.165) is 63.3 Å². The molecule has 5 nitrogen and oxygen atoms in total. The zero-order valence-corrected chi connectivity index (χ0v) is 17.1. The van der Waals surface area contributed by atoms with Crippen LogP contribution in [0.4, 0.5) is 9.18 Å². The molecule has 1 fully saturated rings. The third-order valence-electron chi connectivity index (χ3n) is 5.38. The van der Waals surface area contributed by atoms with E-state index in [4.69, 9.17) is 4.74 Å². The number of nitrogens with zero attached hydrogens (tertiary/aromatic N) is 2. The number of hydrogen-bond acceptors (Lipinski definition) is 3. The van der Waals surface area contributed by atoms with Gasteiger partial charge in [0.2, 0.25) is 0 Å². The molecule has 1 aliphatic heterocycles. The average Bonchev–Trinajstić information content (AvgIpc) is 2.76. The number of para-hydroxylation sites is 1. The van der Waals surface area contributed by atoms with Gasteiger partial charge in [0.15, 0.2) is 0 Å². The number of ether oxygens (including phenoxy) is 1. The fourth-order valence-corrected chi connectivity index (χ4v) is 3.66. The zero-order valence-electron chi connectivity index (χ0n) is 17.1. The Labute approximate surface area is 172 Å². The van der Waals surface area contributed by atoms with Gasteiger partial charge in [0, 0.05) is 32.7 Å². The fourth-order valence-electron chi connectivity index (χ4n) is 3.66. The van der Waals surface area contributed by atoms with Gasteiger partial charge in [0.1, 0.15) is 11.6 Å². The van der Waals surface area contributed by atoms with Crippen molar-refractivity contribution in [1.82, 2.24) is 15.1 Å². The maximum atomic E-state index is 12.9. The van der Waals surface area contributed by atoms with Crippen molar-refractivity contribution in [2.45, 2.75) is 19.3 Å². The number of aryl methyl sites for hydroxylation is 1. The van der Waals surface area contributed by atoms with E-state index in [9.17, 15) is 9.18 Å². The molecule has 0 aromatic heterocycles. The Morgan fingerprint density at radius 1 is 1.03 bits per heavy atom. The summed E-state index contributed by atoms with van der Waals surface area (Å²) in [5.74, 6) is 0.669. The lowest BCUT2D eigenvalue weighted by molar-refractivity contribution is 0.138. The summed E-state index contributed by atoms with van der Waals surface area (Å²) in [5.41, 5.74) is 2.26. The minimum Gasteiger partial charge on any atom is -0.496 e. The first-order valence-electron chi connectivity index (χ1n) is 10.3. The predicted molar refractivity (Wildman–Crippen MR) is 113 cm³/mol. The molecule has 0 atom stereocenters. The maximum Gasteiger partial charge on any atom is 0.317 e. The molecule has 0 saturated carbocycles. The van der Waals surface area contributed by atoms with Crippen LogP contribution < -0.4 is 10.1 Å². The Morgan fingerprint density at radius 3 is 2.48 bits per heavy atom. The molecular weight excluding hydrogens is 369 g/mol. The minimum absolute atomic E-state index is 0.00543. The Bertz CT molecular complexity index is 774. The van der Waals surface area contributed by atoms with Gasteiger partial charge in [-0.1, -0.05) is 30.3 Å². The van der Waals surface area contributed by atoms with Crippen molar-refractivity contribution < 1.29 is 13.9 Å². The van der Waals surface area contributed by atoms with Crippen molar-refractivity contribution in [2.75, 3.05) is 46.4 Å². The molecule has 0 unspecified atom stereocenters. The number of methoxy groups -OCH3 is 1. The lowest BCUT2D eigenvalue weighted by Crippen LogP contribution is -2.52. The van der Waals surface area contributed by atoms with Gasteiger partial charge < -0.3 is 15.0 Å². The highest BCUT2D eigenvalue weighted by molar-refractivity contribution is 5.74. The summed E-state index contributed by atoms with van der Waals surface area (Å²) >= 11 is 0. The summed E-state index contributed by atoms with van der Waals surface area (Å²) in [6.45, 7) is 4.87. The Balaban J connectivity index is 1.32. The highest BCUT2D eigenvalue weighted by Crippen LogP contribution is 2.17. The van der Waals surface area contributed by atoms with Crippen LogP contribution in [0, 0.1) is 5.82 Å². The molecular formula is C23H30FN3O2. The first kappa shape index (κ1) is 21.1. The molecule has 1 heterocycles. The van der Waals surface area contributed by atoms with Crippen molar-refractivity contribution >= 4 is 6.03 Å². The molecule has 2 aromatic rings. The van der Waals surface area contributed by atoms with Crippen LogP contribution in [0.25, 0.3) is 0 Å². The van der Waals surface area contributed by atoms with Crippen LogP contribution in [0.15, 0.2) is 48.5 Å². The standard InChI is InChI=1S/C23H30FN3O2/c1-29-22-7-3-2-6-20(22)12-13-25-23(28)27-17-15-26(16-18-27)14-4-5-19-8-10-21(24)11-9-19/h2-3,6-11H,4-5,12-18H2,1H3,(H,25,28). The Morgan fingerprint density at radius 2 is 1.76 bits per heavy atom. The van der Waals surface area contributed by atoms with Crippen molar-refractivity contribution in [3.63, 3.8) is 0 Å². The molecule has 0 aliphatic carbocycles. The van der Waals surface area contributed by atoms with Gasteiger partial charge in [-0.3, -0.25) is 4.90 Å². The number of urea groups is 1. The van der Waals surface area contributed by atoms with Gasteiger partial charge in [-0.2, -0.15) is 0 Å². The second-order valence-electron chi connectivity index (χ2n) is 7.35. The Kier molecular flexibility index (Phi) is 7.87. The van der Waals surface area contributed by atoms with Crippen molar-refractivity contribution in [1.29, 1.82) is 0 Å². The van der Waals surface area contributed by atoms with Crippen molar-refractivity contribution in [2.24, 2.45) is 0 Å². The molecule has 156 valence electrons. The second-order valence-corrected chi connectivity index (χ2v) is 7.35. The third kappa shape index (κ3) is 6.46. The quantitative estimate of drug-likeness (QED) is 0.741. The van der Waals surface area contributed by atoms with Gasteiger partial charge in [-0.05, 0) is 55.1 Å². The summed E-state index contributed by atoms with van der Waals surface area (Å²) in [5, 5.41) is 3.02. The molecule has 0 bridgehead atoms. The smallest absolute Gasteiger partial charge is 0.317 e. The van der Waals surface area contributed by atoms with Gasteiger partial charge in [-0.15, -0.1) is 0 Å². The van der Waals surface area contributed by atoms with E-state index in [0.29, 0.717) is 6.54 Å². The normalized spacial score (nSPS) is 14.6. The van der Waals surface area contributed by atoms with E-state index >= 15 is 0 Å². The lowest BCUT2D eigenvalue weighted by atomic mass is 10.1. The summed E-state index contributed by atoms with van der Waals surface area (Å²) in [4.78, 5) is 16.7. The number of rotatable bonds is 8. The highest BCUT2D eigenvalue weighted by Gasteiger charge is 2.20. The van der Waals surface area contributed by atoms with E-state index < -0.39 is 0 Å². The number of hydrogen-bond donors (Lipinski definition) is 1. The summed E-state index contributed by atoms with van der Waals surface area (Å²) in [6, 6.07) is 14.6. The summed E-state index contributed by atoms with van der Waals surface area (Å²) in [7, 11) is 1.66. The van der Waals surface area contributed by atoms with E-state index in [1.54, 1.807) is 7.11 Å². The SMILES string of the molecule is COc1ccccc1CCNC(=O)N1CCN(CCCc2ccc(F)cc2)CC1. The van der Waals surface area contributed by atoms with E-state index in [-0.39, 0.29) is 11.8 Å². The molecule has 1 saturated heterocycles. The molecule has 1 aliphatic rings. The molecule has 1 N–H and O–H groups in total. The van der Waals surface area contributed by atoms with Crippen LogP contribution >= 0.6 is 0 Å². The van der Waals surface area contributed by atoms with Crippen LogP contribution in [-0.4, -0.2) is 62.2 Å². The van der Waals surface area contributed by atoms with Crippen LogP contribution in [0.3, 0.4) is 0 Å². The van der Waals surface area contributed by atoms with Crippen LogP contribution in [0.2, 0.25) is 0 Å². The fraction of sp³-hybridized carbons (Fsp3) is 0.435. The van der Waals surface area contributed by atoms with Crippen molar-refractivity contribution in [3.8, 4) is 5.75 Å². The van der Waals surface area contributed by atoms with E-state index in [1.165, 1.54) is 17.7 Å². The van der Waals surface area contributed by atoms with Gasteiger partial charge in [0.05, 0.1) is 7.11 Å². The number of amides is 2. The van der Waals surface area contributed by atoms with Crippen LogP contribution in [0.5, 0.6) is 5.75 Å². The summed E-state index contributed by atoms with van der Waals surface area (Å²) in [6.07, 6.45) is 2.74. The largest absolute Gasteiger partial charge is 0.496 e. The van der Waals surface area contributed by atoms with E-state index in [2.05, 4.69) is 10.2 Å². The second kappa shape index (κ2) is 10.8. The topological polar surface area (TPSA) is 44.8 Å². The van der Waals surface area contributed by atoms with Gasteiger partial charge >= 0.3 is 6.03 Å². The van der Waals surface area contributed by atoms with Gasteiger partial charge in [-0.25, -0.2) is 9.18 Å². The monoisotopic (exact) mass is 399 g/mol. The number of halogens is 1. The lowest BCUT2D eigenvalue weighted by Gasteiger charge is -2.34. The zero-order chi connectivity index (χ0) is 20.5. The van der Waals surface area contributed by atoms with E-state index in [1.807, 2.05) is 41.3 Å². The molecule has 3 rings (SSSR count). The van der Waals surface area contributed by atoms with Gasteiger partial charge in [0.25, 0.3) is 0 Å². The molecule has 6 heteroatoms. The number of benzene rings is 2. The highest BCUT2D eigenvalue weighted by atomic mass is 19.1. The molecule has 0 radical (unpaired) electrons. The maximum absolute atomic E-state index is 12.9. The summed E-state index contributed by atoms with van der Waals surface area (Å²) < 4.78 is 18.3. The minimum atomic E-state index is -0.189. The third-order valence-corrected chi connectivity index (χ3v) is 5.38. The first-order valence-corrected chi connectivity index (χ1v) is 10.3. The number of nitrogens with one attached hydrogen (secondary N) is 1. The van der Waals surface area contributed by atoms with Crippen molar-refractivity contribution in [3.05, 3.63) is 65.5 Å². The average molecular weight is 400 g/mol. The van der Waals surface area contributed by atoms with Crippen LogP contribution in [-0.2, 0) is 12.8 Å². The predicted octanol–water partition coefficient (Wildman–Crippen LogP) is 3.34. The molecule has 2 amide bonds. The first-order chi connectivity index (χ1) is 14.2. The molecule has 0 spiro atoms. The number of carbonyl (C=O) groups is 1. The Hall–Kier alpha value is -2.60. The number of carbonyl (C=O) groups excluding carboxylic acids is 1. The van der Waals surface area contributed by atoms with Crippen LogP contribution in [0.1, 0.15) is 17.5 Å².